The molecule has 0 aliphatic rings. The summed E-state index contributed by atoms with van der Waals surface area (Å²) in [5.41, 5.74) is 0.651. The molecule has 0 radical (unpaired) electrons. The van der Waals surface area contributed by atoms with Gasteiger partial charge in [0.05, 0.1) is 5.56 Å². The lowest BCUT2D eigenvalue weighted by molar-refractivity contribution is -0.113. The van der Waals surface area contributed by atoms with Crippen LogP contribution in [0, 0.1) is 0 Å². The third-order valence-corrected chi connectivity index (χ3v) is 2.69. The largest absolute Gasteiger partial charge is 0.365 e. The van der Waals surface area contributed by atoms with E-state index < -0.39 is 5.97 Å². The Morgan fingerprint density at radius 1 is 1.16 bits per heavy atom. The maximum atomic E-state index is 11.6. The maximum Gasteiger partial charge on any atom is 0.365 e. The van der Waals surface area contributed by atoms with Crippen LogP contribution >= 0.6 is 0 Å². The Hall–Kier alpha value is -1.97. The van der Waals surface area contributed by atoms with E-state index in [-0.39, 0.29) is 11.5 Å². The van der Waals surface area contributed by atoms with Gasteiger partial charge in [0.1, 0.15) is 5.71 Å². The Labute approximate surface area is 113 Å². The van der Waals surface area contributed by atoms with E-state index in [4.69, 9.17) is 4.84 Å². The molecule has 0 amide bonds. The Bertz CT molecular complexity index is 452. The zero-order valence-electron chi connectivity index (χ0n) is 11.4. The molecule has 1 aromatic rings. The van der Waals surface area contributed by atoms with E-state index in [1.807, 2.05) is 6.07 Å². The number of nitrogens with zero attached hydrogens (tertiary/aromatic N) is 1. The highest BCUT2D eigenvalue weighted by molar-refractivity contribution is 6.38. The van der Waals surface area contributed by atoms with Crippen LogP contribution in [0.25, 0.3) is 0 Å². The second-order valence-electron chi connectivity index (χ2n) is 4.30. The SMILES string of the molecule is CCCCCC(=O)C(C)=NOC(=O)c1ccccc1. The van der Waals surface area contributed by atoms with Gasteiger partial charge in [-0.25, -0.2) is 4.79 Å². The standard InChI is InChI=1S/C15H19NO3/c1-3-4-6-11-14(17)12(2)16-19-15(18)13-9-7-5-8-10-13/h5,7-10H,3-4,6,11H2,1-2H3. The van der Waals surface area contributed by atoms with Crippen molar-refractivity contribution in [2.24, 2.45) is 5.16 Å². The van der Waals surface area contributed by atoms with Gasteiger partial charge >= 0.3 is 5.97 Å². The quantitative estimate of drug-likeness (QED) is 0.327. The van der Waals surface area contributed by atoms with Crippen molar-refractivity contribution in [3.8, 4) is 0 Å². The Morgan fingerprint density at radius 2 is 1.84 bits per heavy atom. The van der Waals surface area contributed by atoms with Crippen LogP contribution in [-0.2, 0) is 9.63 Å². The van der Waals surface area contributed by atoms with Gasteiger partial charge in [-0.3, -0.25) is 4.79 Å². The fourth-order valence-corrected chi connectivity index (χ4v) is 1.50. The molecule has 0 N–H and O–H groups in total. The lowest BCUT2D eigenvalue weighted by atomic mass is 10.1. The summed E-state index contributed by atoms with van der Waals surface area (Å²) in [7, 11) is 0. The van der Waals surface area contributed by atoms with Gasteiger partial charge in [-0.1, -0.05) is 43.1 Å². The number of hydrogen-bond acceptors (Lipinski definition) is 4. The van der Waals surface area contributed by atoms with Crippen LogP contribution in [0.1, 0.15) is 49.9 Å². The second-order valence-corrected chi connectivity index (χ2v) is 4.30. The van der Waals surface area contributed by atoms with Gasteiger partial charge in [-0.15, -0.1) is 0 Å². The molecule has 102 valence electrons. The van der Waals surface area contributed by atoms with Gasteiger partial charge in [0.25, 0.3) is 0 Å². The van der Waals surface area contributed by atoms with Crippen molar-refractivity contribution in [1.29, 1.82) is 0 Å². The molecular weight excluding hydrogens is 242 g/mol. The molecule has 1 rings (SSSR count). The van der Waals surface area contributed by atoms with Crippen molar-refractivity contribution in [3.63, 3.8) is 0 Å². The molecule has 0 saturated carbocycles. The van der Waals surface area contributed by atoms with Crippen molar-refractivity contribution < 1.29 is 14.4 Å². The molecule has 0 unspecified atom stereocenters. The number of oxime groups is 1. The summed E-state index contributed by atoms with van der Waals surface area (Å²) in [6.45, 7) is 3.64. The summed E-state index contributed by atoms with van der Waals surface area (Å²) in [5.74, 6) is -0.629. The van der Waals surface area contributed by atoms with E-state index in [0.717, 1.165) is 19.3 Å². The van der Waals surface area contributed by atoms with Gasteiger partial charge in [-0.05, 0) is 25.5 Å². The predicted octanol–water partition coefficient (Wildman–Crippen LogP) is 3.37. The summed E-state index contributed by atoms with van der Waals surface area (Å²) in [5, 5.41) is 3.60. The minimum Gasteiger partial charge on any atom is -0.312 e. The third-order valence-electron chi connectivity index (χ3n) is 2.69. The first-order chi connectivity index (χ1) is 9.15. The molecule has 1 aromatic carbocycles. The molecule has 0 fully saturated rings. The summed E-state index contributed by atoms with van der Waals surface area (Å²) in [6.07, 6.45) is 3.37. The van der Waals surface area contributed by atoms with Crippen molar-refractivity contribution in [2.45, 2.75) is 39.5 Å². The fourth-order valence-electron chi connectivity index (χ4n) is 1.50. The van der Waals surface area contributed by atoms with Crippen molar-refractivity contribution in [2.75, 3.05) is 0 Å². The first-order valence-corrected chi connectivity index (χ1v) is 6.49. The Kier molecular flexibility index (Phi) is 6.50. The third kappa shape index (κ3) is 5.46. The van der Waals surface area contributed by atoms with Gasteiger partial charge in [-0.2, -0.15) is 0 Å². The monoisotopic (exact) mass is 261 g/mol. The average Bonchev–Trinajstić information content (AvgIpc) is 2.45. The molecule has 0 aromatic heterocycles. The molecule has 0 heterocycles. The number of carbonyl (C=O) groups is 2. The summed E-state index contributed by atoms with van der Waals surface area (Å²) >= 11 is 0. The summed E-state index contributed by atoms with van der Waals surface area (Å²) in [4.78, 5) is 28.0. The molecular formula is C15H19NO3. The zero-order chi connectivity index (χ0) is 14.1. The molecule has 0 bridgehead atoms. The van der Waals surface area contributed by atoms with Crippen LogP contribution in [0.5, 0.6) is 0 Å². The lowest BCUT2D eigenvalue weighted by Crippen LogP contribution is -2.12. The topological polar surface area (TPSA) is 55.7 Å². The molecule has 4 nitrogen and oxygen atoms in total. The highest BCUT2D eigenvalue weighted by Crippen LogP contribution is 2.03. The van der Waals surface area contributed by atoms with Gasteiger partial charge in [0, 0.05) is 6.42 Å². The second kappa shape index (κ2) is 8.19. The van der Waals surface area contributed by atoms with Crippen LogP contribution < -0.4 is 0 Å². The van der Waals surface area contributed by atoms with Crippen molar-refractivity contribution >= 4 is 17.5 Å². The van der Waals surface area contributed by atoms with Crippen LogP contribution in [0.4, 0.5) is 0 Å². The Morgan fingerprint density at radius 3 is 2.47 bits per heavy atom. The number of carbonyl (C=O) groups excluding carboxylic acids is 2. The highest BCUT2D eigenvalue weighted by Gasteiger charge is 2.09. The zero-order valence-corrected chi connectivity index (χ0v) is 11.4. The number of rotatable bonds is 7. The molecule has 0 spiro atoms. The summed E-state index contributed by atoms with van der Waals surface area (Å²) < 4.78 is 0. The number of unbranched alkanes of at least 4 members (excludes halogenated alkanes) is 2. The van der Waals surface area contributed by atoms with Crippen LogP contribution in [0.3, 0.4) is 0 Å². The van der Waals surface area contributed by atoms with Gasteiger partial charge in [0.15, 0.2) is 5.78 Å². The predicted molar refractivity (Wildman–Crippen MR) is 74.1 cm³/mol. The minimum absolute atomic E-state index is 0.0747. The molecule has 0 atom stereocenters. The normalized spacial score (nSPS) is 11.2. The van der Waals surface area contributed by atoms with Crippen LogP contribution in [-0.4, -0.2) is 17.5 Å². The van der Waals surface area contributed by atoms with Gasteiger partial charge in [0.2, 0.25) is 0 Å². The molecule has 4 heteroatoms. The first kappa shape index (κ1) is 15.1. The van der Waals surface area contributed by atoms with E-state index in [9.17, 15) is 9.59 Å². The van der Waals surface area contributed by atoms with Crippen LogP contribution in [0.2, 0.25) is 0 Å². The summed E-state index contributed by atoms with van der Waals surface area (Å²) in [6, 6.07) is 8.56. The van der Waals surface area contributed by atoms with E-state index in [1.54, 1.807) is 31.2 Å². The van der Waals surface area contributed by atoms with E-state index in [0.29, 0.717) is 12.0 Å². The number of benzene rings is 1. The maximum absolute atomic E-state index is 11.6. The van der Waals surface area contributed by atoms with Crippen molar-refractivity contribution in [1.82, 2.24) is 0 Å². The van der Waals surface area contributed by atoms with Crippen molar-refractivity contribution in [3.05, 3.63) is 35.9 Å². The lowest BCUT2D eigenvalue weighted by Gasteiger charge is -2.00. The number of hydrogen-bond donors (Lipinski definition) is 0. The van der Waals surface area contributed by atoms with E-state index in [2.05, 4.69) is 12.1 Å². The minimum atomic E-state index is -0.554. The number of ketones is 1. The smallest absolute Gasteiger partial charge is 0.312 e. The highest BCUT2D eigenvalue weighted by atomic mass is 16.7. The van der Waals surface area contributed by atoms with E-state index >= 15 is 0 Å². The van der Waals surface area contributed by atoms with E-state index in [1.165, 1.54) is 0 Å². The first-order valence-electron chi connectivity index (χ1n) is 6.49. The number of Topliss-reactive ketones (excluding diaryl/α,β-unsaturated/α-hetero) is 1. The molecule has 0 aliphatic heterocycles. The molecule has 0 saturated heterocycles. The Balaban J connectivity index is 2.47. The fraction of sp³-hybridized carbons (Fsp3) is 0.400. The molecule has 0 aliphatic carbocycles. The van der Waals surface area contributed by atoms with Crippen LogP contribution in [0.15, 0.2) is 35.5 Å². The average molecular weight is 261 g/mol. The van der Waals surface area contributed by atoms with Gasteiger partial charge < -0.3 is 4.84 Å². The molecule has 19 heavy (non-hydrogen) atoms.